The van der Waals surface area contributed by atoms with E-state index in [4.69, 9.17) is 0 Å². The number of hydrogen-bond acceptors (Lipinski definition) is 0. The Labute approximate surface area is 173 Å². The van der Waals surface area contributed by atoms with E-state index < -0.39 is 0 Å². The van der Waals surface area contributed by atoms with Crippen LogP contribution in [0.25, 0.3) is 23.3 Å². The first-order valence-electron chi connectivity index (χ1n) is 9.57. The van der Waals surface area contributed by atoms with E-state index in [1.165, 1.54) is 44.5 Å². The molecule has 0 saturated carbocycles. The molecule has 0 fully saturated rings. The van der Waals surface area contributed by atoms with E-state index >= 15 is 0 Å². The van der Waals surface area contributed by atoms with Crippen LogP contribution < -0.4 is 0 Å². The van der Waals surface area contributed by atoms with Crippen molar-refractivity contribution in [1.82, 2.24) is 0 Å². The third-order valence-corrected chi connectivity index (χ3v) is 6.67. The second-order valence-electron chi connectivity index (χ2n) is 7.49. The molecule has 2 aliphatic rings. The van der Waals surface area contributed by atoms with Crippen molar-refractivity contribution >= 4 is 28.1 Å². The van der Waals surface area contributed by atoms with Gasteiger partial charge in [0.15, 0.2) is 0 Å². The highest BCUT2D eigenvalue weighted by atomic mass is 79.9. The summed E-state index contributed by atoms with van der Waals surface area (Å²) >= 11 is 3.68. The summed E-state index contributed by atoms with van der Waals surface area (Å²) in [5.41, 5.74) is 10.3. The first-order chi connectivity index (χ1) is 13.8. The molecule has 28 heavy (non-hydrogen) atoms. The van der Waals surface area contributed by atoms with Crippen molar-refractivity contribution in [2.75, 3.05) is 0 Å². The predicted octanol–water partition coefficient (Wildman–Crippen LogP) is 7.30. The van der Waals surface area contributed by atoms with E-state index in [-0.39, 0.29) is 5.41 Å². The molecule has 0 radical (unpaired) electrons. The van der Waals surface area contributed by atoms with Crippen LogP contribution in [0.2, 0.25) is 0 Å². The average molecular weight is 421 g/mol. The summed E-state index contributed by atoms with van der Waals surface area (Å²) in [6, 6.07) is 33.3. The molecule has 0 amide bonds. The maximum atomic E-state index is 3.68. The largest absolute Gasteiger partial charge is 0.0725 e. The van der Waals surface area contributed by atoms with Crippen molar-refractivity contribution in [1.29, 1.82) is 0 Å². The van der Waals surface area contributed by atoms with Gasteiger partial charge in [-0.05, 0) is 56.6 Å². The molecule has 0 heterocycles. The summed E-state index contributed by atoms with van der Waals surface area (Å²) in [5.74, 6) is 0. The molecule has 6 rings (SSSR count). The van der Waals surface area contributed by atoms with Crippen molar-refractivity contribution in [3.8, 4) is 11.1 Å². The Morgan fingerprint density at radius 2 is 1.04 bits per heavy atom. The van der Waals surface area contributed by atoms with Gasteiger partial charge in [-0.15, -0.1) is 0 Å². The van der Waals surface area contributed by atoms with E-state index in [1.54, 1.807) is 0 Å². The van der Waals surface area contributed by atoms with Crippen LogP contribution in [0, 0.1) is 0 Å². The molecule has 0 aromatic heterocycles. The van der Waals surface area contributed by atoms with Crippen molar-refractivity contribution in [2.45, 2.75) is 5.41 Å². The van der Waals surface area contributed by atoms with Crippen LogP contribution in [-0.2, 0) is 5.41 Å². The molecule has 0 bridgehead atoms. The molecule has 0 aliphatic heterocycles. The molecule has 0 unspecified atom stereocenters. The van der Waals surface area contributed by atoms with Crippen molar-refractivity contribution < 1.29 is 0 Å². The Morgan fingerprint density at radius 3 is 1.75 bits per heavy atom. The van der Waals surface area contributed by atoms with Crippen LogP contribution in [0.3, 0.4) is 0 Å². The Morgan fingerprint density at radius 1 is 0.500 bits per heavy atom. The zero-order chi connectivity index (χ0) is 18.7. The Hall–Kier alpha value is -2.90. The summed E-state index contributed by atoms with van der Waals surface area (Å²) in [6.07, 6.45) is 4.52. The van der Waals surface area contributed by atoms with E-state index in [2.05, 4.69) is 119 Å². The second-order valence-corrected chi connectivity index (χ2v) is 8.41. The number of fused-ring (bicyclic) bond motifs is 9. The predicted molar refractivity (Wildman–Crippen MR) is 120 cm³/mol. The summed E-state index contributed by atoms with van der Waals surface area (Å²) in [4.78, 5) is 0. The number of benzene rings is 4. The van der Waals surface area contributed by atoms with Gasteiger partial charge in [0.05, 0.1) is 5.41 Å². The minimum Gasteiger partial charge on any atom is -0.0619 e. The summed E-state index contributed by atoms with van der Waals surface area (Å²) in [6.45, 7) is 0. The Balaban J connectivity index is 1.88. The Kier molecular flexibility index (Phi) is 3.33. The lowest BCUT2D eigenvalue weighted by Gasteiger charge is -2.35. The highest BCUT2D eigenvalue weighted by molar-refractivity contribution is 9.10. The van der Waals surface area contributed by atoms with Crippen LogP contribution in [0.1, 0.15) is 33.4 Å². The van der Waals surface area contributed by atoms with Gasteiger partial charge in [-0.1, -0.05) is 107 Å². The van der Waals surface area contributed by atoms with Crippen LogP contribution in [-0.4, -0.2) is 0 Å². The van der Waals surface area contributed by atoms with Gasteiger partial charge in [-0.25, -0.2) is 0 Å². The second kappa shape index (κ2) is 5.80. The molecule has 0 nitrogen and oxygen atoms in total. The van der Waals surface area contributed by atoms with Gasteiger partial charge in [-0.2, -0.15) is 0 Å². The van der Waals surface area contributed by atoms with Gasteiger partial charge in [0.25, 0.3) is 0 Å². The lowest BCUT2D eigenvalue weighted by Crippen LogP contribution is -2.29. The molecular weight excluding hydrogens is 404 g/mol. The molecule has 0 N–H and O–H groups in total. The lowest BCUT2D eigenvalue weighted by atomic mass is 9.66. The molecular formula is C27H17Br. The van der Waals surface area contributed by atoms with Crippen LogP contribution >= 0.6 is 15.9 Å². The first-order valence-corrected chi connectivity index (χ1v) is 10.4. The number of hydrogen-bond donors (Lipinski definition) is 0. The van der Waals surface area contributed by atoms with Crippen molar-refractivity contribution in [3.05, 3.63) is 129 Å². The highest BCUT2D eigenvalue weighted by Gasteiger charge is 2.48. The first kappa shape index (κ1) is 16.1. The summed E-state index contributed by atoms with van der Waals surface area (Å²) < 4.78 is 1.11. The van der Waals surface area contributed by atoms with Gasteiger partial charge < -0.3 is 0 Å². The molecule has 1 spiro atoms. The standard InChI is InChI=1S/C27H17Br/c28-20-15-16-24-19(17-20)14-13-18-7-1-4-10-23(18)27(24)25-11-5-2-8-21(25)22-9-3-6-12-26(22)27/h1-17H. The molecule has 2 aliphatic carbocycles. The number of rotatable bonds is 0. The lowest BCUT2D eigenvalue weighted by molar-refractivity contribution is 0.766. The van der Waals surface area contributed by atoms with Crippen molar-refractivity contribution in [2.24, 2.45) is 0 Å². The highest BCUT2D eigenvalue weighted by Crippen LogP contribution is 2.58. The van der Waals surface area contributed by atoms with Gasteiger partial charge in [0, 0.05) is 4.47 Å². The third-order valence-electron chi connectivity index (χ3n) is 6.18. The summed E-state index contributed by atoms with van der Waals surface area (Å²) in [7, 11) is 0. The molecule has 1 heteroatoms. The van der Waals surface area contributed by atoms with Crippen LogP contribution in [0.15, 0.2) is 95.5 Å². The maximum absolute atomic E-state index is 3.68. The molecule has 0 atom stereocenters. The van der Waals surface area contributed by atoms with Crippen LogP contribution in [0.5, 0.6) is 0 Å². The van der Waals surface area contributed by atoms with E-state index in [1.807, 2.05) is 0 Å². The van der Waals surface area contributed by atoms with E-state index in [9.17, 15) is 0 Å². The van der Waals surface area contributed by atoms with Gasteiger partial charge in [-0.3, -0.25) is 0 Å². The van der Waals surface area contributed by atoms with Crippen LogP contribution in [0.4, 0.5) is 0 Å². The monoisotopic (exact) mass is 420 g/mol. The fraction of sp³-hybridized carbons (Fsp3) is 0.0370. The molecule has 4 aromatic carbocycles. The van der Waals surface area contributed by atoms with E-state index in [0.29, 0.717) is 0 Å². The van der Waals surface area contributed by atoms with Gasteiger partial charge >= 0.3 is 0 Å². The maximum Gasteiger partial charge on any atom is 0.0725 e. The molecule has 132 valence electrons. The Bertz CT molecular complexity index is 1230. The fourth-order valence-corrected chi connectivity index (χ4v) is 5.52. The zero-order valence-corrected chi connectivity index (χ0v) is 16.8. The fourth-order valence-electron chi connectivity index (χ4n) is 5.14. The minimum atomic E-state index is -0.302. The molecule has 0 saturated heterocycles. The van der Waals surface area contributed by atoms with Gasteiger partial charge in [0.2, 0.25) is 0 Å². The topological polar surface area (TPSA) is 0 Å². The SMILES string of the molecule is Brc1ccc2c(c1)C=Cc1ccccc1C21c2ccccc2-c2ccccc21. The van der Waals surface area contributed by atoms with Gasteiger partial charge in [0.1, 0.15) is 0 Å². The van der Waals surface area contributed by atoms with E-state index in [0.717, 1.165) is 4.47 Å². The normalized spacial score (nSPS) is 14.8. The minimum absolute atomic E-state index is 0.302. The summed E-state index contributed by atoms with van der Waals surface area (Å²) in [5, 5.41) is 0. The quantitative estimate of drug-likeness (QED) is 0.242. The molecule has 4 aromatic rings. The zero-order valence-electron chi connectivity index (χ0n) is 15.2. The third kappa shape index (κ3) is 1.95. The number of halogens is 1. The smallest absolute Gasteiger partial charge is 0.0619 e. The average Bonchev–Trinajstić information content (AvgIpc) is 2.95. The van der Waals surface area contributed by atoms with Crippen molar-refractivity contribution in [3.63, 3.8) is 0 Å².